The molecule has 2 heterocycles. The lowest BCUT2D eigenvalue weighted by atomic mass is 10.0. The number of methoxy groups -OCH3 is 1. The summed E-state index contributed by atoms with van der Waals surface area (Å²) in [5.74, 6) is 1.21. The Balaban J connectivity index is 1.52. The van der Waals surface area contributed by atoms with E-state index in [-0.39, 0.29) is 18.7 Å². The first kappa shape index (κ1) is 20.3. The Morgan fingerprint density at radius 1 is 1.16 bits per heavy atom. The zero-order chi connectivity index (χ0) is 22.0. The Labute approximate surface area is 177 Å². The van der Waals surface area contributed by atoms with Crippen molar-refractivity contribution in [3.63, 3.8) is 0 Å². The molecule has 0 radical (unpaired) electrons. The van der Waals surface area contributed by atoms with Crippen molar-refractivity contribution in [3.8, 4) is 17.1 Å². The summed E-state index contributed by atoms with van der Waals surface area (Å²) in [6, 6.07) is 12.5. The zero-order valence-electron chi connectivity index (χ0n) is 17.4. The first-order valence-electron chi connectivity index (χ1n) is 9.76. The third-order valence-corrected chi connectivity index (χ3v) is 5.07. The summed E-state index contributed by atoms with van der Waals surface area (Å²) in [6.45, 7) is 3.55. The van der Waals surface area contributed by atoms with Crippen LogP contribution in [0.3, 0.4) is 0 Å². The van der Waals surface area contributed by atoms with Crippen LogP contribution >= 0.6 is 0 Å². The lowest BCUT2D eigenvalue weighted by molar-refractivity contribution is -0.116. The van der Waals surface area contributed by atoms with Crippen molar-refractivity contribution >= 4 is 22.6 Å². The molecule has 0 aliphatic rings. The molecule has 4 rings (SSSR count). The van der Waals surface area contributed by atoms with Gasteiger partial charge in [-0.05, 0) is 43.2 Å². The molecular formula is C23H21N3O5. The number of nitrogens with one attached hydrogen (secondary N) is 1. The molecule has 0 spiro atoms. The average Bonchev–Trinajstić information content (AvgIpc) is 3.19. The van der Waals surface area contributed by atoms with Crippen molar-refractivity contribution in [1.29, 1.82) is 0 Å². The summed E-state index contributed by atoms with van der Waals surface area (Å²) >= 11 is 0. The quantitative estimate of drug-likeness (QED) is 0.470. The fourth-order valence-electron chi connectivity index (χ4n) is 3.44. The van der Waals surface area contributed by atoms with Gasteiger partial charge in [0.2, 0.25) is 17.6 Å². The minimum absolute atomic E-state index is 0.118. The Hall–Kier alpha value is -3.94. The van der Waals surface area contributed by atoms with Crippen molar-refractivity contribution in [2.24, 2.45) is 0 Å². The number of ether oxygens (including phenoxy) is 1. The number of rotatable bonds is 6. The number of para-hydroxylation sites is 1. The predicted octanol–water partition coefficient (Wildman–Crippen LogP) is 4.04. The molecule has 2 aromatic carbocycles. The van der Waals surface area contributed by atoms with E-state index >= 15 is 0 Å². The highest BCUT2D eigenvalue weighted by Gasteiger charge is 2.16. The maximum atomic E-state index is 12.6. The number of aromatic nitrogens is 2. The number of benzene rings is 2. The normalized spacial score (nSPS) is 10.9. The maximum Gasteiger partial charge on any atom is 0.339 e. The van der Waals surface area contributed by atoms with E-state index < -0.39 is 5.63 Å². The van der Waals surface area contributed by atoms with E-state index in [1.54, 1.807) is 32.2 Å². The van der Waals surface area contributed by atoms with Gasteiger partial charge in [0.15, 0.2) is 0 Å². The molecule has 0 saturated carbocycles. The number of amides is 1. The SMILES string of the molecule is COc1ccc2c(C)c(CCC(=O)Nc3ccccc3-c3noc(C)n3)c(=O)oc2c1. The first-order valence-corrected chi connectivity index (χ1v) is 9.76. The van der Waals surface area contributed by atoms with Crippen LogP contribution in [-0.4, -0.2) is 23.2 Å². The average molecular weight is 419 g/mol. The van der Waals surface area contributed by atoms with Crippen molar-refractivity contribution in [2.45, 2.75) is 26.7 Å². The Morgan fingerprint density at radius 3 is 2.71 bits per heavy atom. The summed E-state index contributed by atoms with van der Waals surface area (Å²) in [6.07, 6.45) is 0.373. The molecular weight excluding hydrogens is 398 g/mol. The summed E-state index contributed by atoms with van der Waals surface area (Å²) in [4.78, 5) is 29.3. The van der Waals surface area contributed by atoms with Gasteiger partial charge in [-0.15, -0.1) is 0 Å². The number of fused-ring (bicyclic) bond motifs is 1. The van der Waals surface area contributed by atoms with Crippen LogP contribution in [0.25, 0.3) is 22.4 Å². The number of hydrogen-bond donors (Lipinski definition) is 1. The predicted molar refractivity (Wildman–Crippen MR) is 115 cm³/mol. The third kappa shape index (κ3) is 4.18. The standard InChI is InChI=1S/C23H21N3O5/c1-13-16-9-8-15(29-3)12-20(16)30-23(28)17(13)10-11-21(27)25-19-7-5-4-6-18(19)22-24-14(2)31-26-22/h4-9,12H,10-11H2,1-3H3,(H,25,27). The molecule has 0 aliphatic heterocycles. The molecule has 0 bridgehead atoms. The molecule has 31 heavy (non-hydrogen) atoms. The Morgan fingerprint density at radius 2 is 1.97 bits per heavy atom. The van der Waals surface area contributed by atoms with Crippen LogP contribution in [0.1, 0.15) is 23.4 Å². The number of hydrogen-bond acceptors (Lipinski definition) is 7. The number of aryl methyl sites for hydroxylation is 2. The summed E-state index contributed by atoms with van der Waals surface area (Å²) in [7, 11) is 1.55. The van der Waals surface area contributed by atoms with Crippen molar-refractivity contribution < 1.29 is 18.5 Å². The number of carbonyl (C=O) groups is 1. The van der Waals surface area contributed by atoms with Gasteiger partial charge in [0.1, 0.15) is 11.3 Å². The maximum absolute atomic E-state index is 12.6. The lowest BCUT2D eigenvalue weighted by Crippen LogP contribution is -2.17. The van der Waals surface area contributed by atoms with Crippen LogP contribution in [-0.2, 0) is 11.2 Å². The van der Waals surface area contributed by atoms with Crippen molar-refractivity contribution in [1.82, 2.24) is 10.1 Å². The largest absolute Gasteiger partial charge is 0.497 e. The van der Waals surface area contributed by atoms with Gasteiger partial charge < -0.3 is 19.0 Å². The van der Waals surface area contributed by atoms with E-state index in [1.807, 2.05) is 31.2 Å². The molecule has 0 atom stereocenters. The number of carbonyl (C=O) groups excluding carboxylic acids is 1. The van der Waals surface area contributed by atoms with Crippen molar-refractivity contribution in [2.75, 3.05) is 12.4 Å². The molecule has 0 fully saturated rings. The van der Waals surface area contributed by atoms with Crippen LogP contribution in [0.2, 0.25) is 0 Å². The Bertz CT molecular complexity index is 1320. The van der Waals surface area contributed by atoms with Gasteiger partial charge in [0.05, 0.1) is 12.8 Å². The smallest absolute Gasteiger partial charge is 0.339 e. The van der Waals surface area contributed by atoms with E-state index in [4.69, 9.17) is 13.7 Å². The lowest BCUT2D eigenvalue weighted by Gasteiger charge is -2.10. The molecule has 1 amide bonds. The highest BCUT2D eigenvalue weighted by atomic mass is 16.5. The molecule has 158 valence electrons. The molecule has 8 heteroatoms. The van der Waals surface area contributed by atoms with E-state index in [9.17, 15) is 9.59 Å². The highest BCUT2D eigenvalue weighted by Crippen LogP contribution is 2.26. The van der Waals surface area contributed by atoms with Gasteiger partial charge in [-0.3, -0.25) is 4.79 Å². The summed E-state index contributed by atoms with van der Waals surface area (Å²) in [5, 5.41) is 7.60. The van der Waals surface area contributed by atoms with Gasteiger partial charge in [-0.1, -0.05) is 17.3 Å². The molecule has 1 N–H and O–H groups in total. The van der Waals surface area contributed by atoms with E-state index in [0.29, 0.717) is 39.9 Å². The van der Waals surface area contributed by atoms with Crippen LogP contribution in [0.5, 0.6) is 5.75 Å². The topological polar surface area (TPSA) is 107 Å². The van der Waals surface area contributed by atoms with E-state index in [2.05, 4.69) is 15.5 Å². The third-order valence-electron chi connectivity index (χ3n) is 5.07. The zero-order valence-corrected chi connectivity index (χ0v) is 17.4. The number of nitrogens with zero attached hydrogens (tertiary/aromatic N) is 2. The number of anilines is 1. The second kappa shape index (κ2) is 8.43. The summed E-state index contributed by atoms with van der Waals surface area (Å²) in [5.41, 5.74) is 2.51. The molecule has 2 aromatic heterocycles. The van der Waals surface area contributed by atoms with Crippen LogP contribution in [0, 0.1) is 13.8 Å². The molecule has 8 nitrogen and oxygen atoms in total. The van der Waals surface area contributed by atoms with Gasteiger partial charge >= 0.3 is 5.63 Å². The van der Waals surface area contributed by atoms with E-state index in [1.165, 1.54) is 0 Å². The molecule has 0 unspecified atom stereocenters. The molecule has 4 aromatic rings. The summed E-state index contributed by atoms with van der Waals surface area (Å²) < 4.78 is 15.7. The minimum Gasteiger partial charge on any atom is -0.497 e. The minimum atomic E-state index is -0.450. The van der Waals surface area contributed by atoms with Crippen LogP contribution < -0.4 is 15.7 Å². The second-order valence-corrected chi connectivity index (χ2v) is 7.09. The van der Waals surface area contributed by atoms with Gasteiger partial charge in [0.25, 0.3) is 0 Å². The van der Waals surface area contributed by atoms with Crippen molar-refractivity contribution in [3.05, 3.63) is 69.9 Å². The molecule has 0 saturated heterocycles. The Kier molecular flexibility index (Phi) is 5.53. The van der Waals surface area contributed by atoms with Crippen LogP contribution in [0.15, 0.2) is 56.2 Å². The van der Waals surface area contributed by atoms with Gasteiger partial charge in [0, 0.05) is 35.9 Å². The van der Waals surface area contributed by atoms with E-state index in [0.717, 1.165) is 10.9 Å². The monoisotopic (exact) mass is 419 g/mol. The second-order valence-electron chi connectivity index (χ2n) is 7.09. The molecule has 0 aliphatic carbocycles. The first-order chi connectivity index (χ1) is 15.0. The van der Waals surface area contributed by atoms with Crippen LogP contribution in [0.4, 0.5) is 5.69 Å². The fraction of sp³-hybridized carbons (Fsp3) is 0.217. The van der Waals surface area contributed by atoms with Gasteiger partial charge in [-0.25, -0.2) is 4.79 Å². The highest BCUT2D eigenvalue weighted by molar-refractivity contribution is 5.95. The fourth-order valence-corrected chi connectivity index (χ4v) is 3.44. The van der Waals surface area contributed by atoms with Gasteiger partial charge in [-0.2, -0.15) is 4.98 Å².